The van der Waals surface area contributed by atoms with E-state index >= 15 is 0 Å². The second-order valence-electron chi connectivity index (χ2n) is 5.01. The number of aryl methyl sites for hydroxylation is 1. The van der Waals surface area contributed by atoms with Crippen molar-refractivity contribution in [1.82, 2.24) is 14.8 Å². The number of rotatable bonds is 5. The monoisotopic (exact) mass is 343 g/mol. The van der Waals surface area contributed by atoms with E-state index in [9.17, 15) is 4.79 Å². The molecule has 0 N–H and O–H groups in total. The van der Waals surface area contributed by atoms with Gasteiger partial charge < -0.3 is 9.47 Å². The molecule has 0 amide bonds. The summed E-state index contributed by atoms with van der Waals surface area (Å²) in [6.45, 7) is 2.08. The molecule has 3 aromatic rings. The number of carbonyl (C=O) groups excluding carboxylic acids is 1. The van der Waals surface area contributed by atoms with Gasteiger partial charge in [-0.1, -0.05) is 0 Å². The number of carbonyl (C=O) groups is 1. The van der Waals surface area contributed by atoms with Crippen LogP contribution in [-0.4, -0.2) is 34.5 Å². The summed E-state index contributed by atoms with van der Waals surface area (Å²) in [4.78, 5) is 16.3. The number of hydrogen-bond acceptors (Lipinski definition) is 6. The third-order valence-electron chi connectivity index (χ3n) is 3.52. The molecule has 0 radical (unpaired) electrons. The van der Waals surface area contributed by atoms with Crippen molar-refractivity contribution < 1.29 is 14.3 Å². The Morgan fingerprint density at radius 3 is 2.83 bits per heavy atom. The molecule has 0 saturated heterocycles. The Morgan fingerprint density at radius 2 is 2.17 bits per heavy atom. The Morgan fingerprint density at radius 1 is 1.33 bits per heavy atom. The molecule has 2 heterocycles. The average Bonchev–Trinajstić information content (AvgIpc) is 3.24. The van der Waals surface area contributed by atoms with Gasteiger partial charge in [-0.05, 0) is 31.2 Å². The van der Waals surface area contributed by atoms with Gasteiger partial charge in [0.25, 0.3) is 0 Å². The fraction of sp³-hybridized carbons (Fsp3) is 0.235. The van der Waals surface area contributed by atoms with Gasteiger partial charge in [-0.3, -0.25) is 4.68 Å². The largest absolute Gasteiger partial charge is 0.496 e. The Kier molecular flexibility index (Phi) is 4.61. The van der Waals surface area contributed by atoms with Crippen LogP contribution >= 0.6 is 11.3 Å². The Bertz CT molecular complexity index is 856. The molecule has 2 aromatic heterocycles. The first kappa shape index (κ1) is 16.2. The van der Waals surface area contributed by atoms with Crippen molar-refractivity contribution >= 4 is 17.3 Å². The molecule has 0 bridgehead atoms. The predicted octanol–water partition coefficient (Wildman–Crippen LogP) is 3.40. The molecule has 6 nitrogen and oxygen atoms in total. The quantitative estimate of drug-likeness (QED) is 0.664. The maximum Gasteiger partial charge on any atom is 0.358 e. The molecule has 0 spiro atoms. The molecule has 0 saturated carbocycles. The molecule has 1 aromatic carbocycles. The summed E-state index contributed by atoms with van der Waals surface area (Å²) in [5.74, 6) is 0.267. The van der Waals surface area contributed by atoms with Crippen LogP contribution in [0.2, 0.25) is 0 Å². The minimum Gasteiger partial charge on any atom is -0.496 e. The van der Waals surface area contributed by atoms with E-state index in [0.29, 0.717) is 12.4 Å². The van der Waals surface area contributed by atoms with Gasteiger partial charge in [0.1, 0.15) is 10.8 Å². The zero-order valence-electron chi connectivity index (χ0n) is 13.6. The van der Waals surface area contributed by atoms with E-state index < -0.39 is 5.97 Å². The minimum absolute atomic E-state index is 0.274. The van der Waals surface area contributed by atoms with Crippen LogP contribution in [0.4, 0.5) is 0 Å². The maximum atomic E-state index is 11.9. The van der Waals surface area contributed by atoms with E-state index in [1.807, 2.05) is 23.6 Å². The third kappa shape index (κ3) is 3.03. The maximum absolute atomic E-state index is 11.9. The van der Waals surface area contributed by atoms with Gasteiger partial charge in [0.05, 0.1) is 19.4 Å². The van der Waals surface area contributed by atoms with E-state index in [-0.39, 0.29) is 5.69 Å². The average molecular weight is 343 g/mol. The van der Waals surface area contributed by atoms with Crippen LogP contribution in [0.25, 0.3) is 21.8 Å². The van der Waals surface area contributed by atoms with E-state index in [1.165, 1.54) is 0 Å². The van der Waals surface area contributed by atoms with Crippen molar-refractivity contribution in [2.75, 3.05) is 13.7 Å². The molecule has 0 aliphatic heterocycles. The number of methoxy groups -OCH3 is 1. The first-order valence-electron chi connectivity index (χ1n) is 7.43. The van der Waals surface area contributed by atoms with Crippen molar-refractivity contribution in [1.29, 1.82) is 0 Å². The molecule has 0 fully saturated rings. The molecule has 124 valence electrons. The van der Waals surface area contributed by atoms with Crippen LogP contribution in [0, 0.1) is 0 Å². The summed E-state index contributed by atoms with van der Waals surface area (Å²) in [7, 11) is 3.40. The van der Waals surface area contributed by atoms with Crippen molar-refractivity contribution in [2.24, 2.45) is 7.05 Å². The molecule has 0 aliphatic carbocycles. The van der Waals surface area contributed by atoms with E-state index in [4.69, 9.17) is 9.47 Å². The number of thiazole rings is 1. The summed E-state index contributed by atoms with van der Waals surface area (Å²) < 4.78 is 12.1. The molecular formula is C17H17N3O3S. The summed E-state index contributed by atoms with van der Waals surface area (Å²) in [5.41, 5.74) is 2.87. The predicted molar refractivity (Wildman–Crippen MR) is 92.3 cm³/mol. The number of aromatic nitrogens is 3. The highest BCUT2D eigenvalue weighted by Gasteiger charge is 2.18. The number of ether oxygens (including phenoxy) is 2. The van der Waals surface area contributed by atoms with Crippen molar-refractivity contribution in [2.45, 2.75) is 6.92 Å². The van der Waals surface area contributed by atoms with Gasteiger partial charge in [-0.2, -0.15) is 5.10 Å². The van der Waals surface area contributed by atoms with Crippen LogP contribution < -0.4 is 4.74 Å². The smallest absolute Gasteiger partial charge is 0.358 e. The number of nitrogens with zero attached hydrogens (tertiary/aromatic N) is 3. The minimum atomic E-state index is -0.436. The first-order chi connectivity index (χ1) is 11.6. The standard InChI is InChI=1S/C17H17N3O3S/c1-4-23-17(21)13-10-14(20(2)19-13)12-9-11(5-6-15(12)22-3)16-18-7-8-24-16/h5-10H,4H2,1-3H3. The Labute approximate surface area is 143 Å². The fourth-order valence-electron chi connectivity index (χ4n) is 2.43. The lowest BCUT2D eigenvalue weighted by Gasteiger charge is -2.10. The first-order valence-corrected chi connectivity index (χ1v) is 8.31. The lowest BCUT2D eigenvalue weighted by molar-refractivity contribution is 0.0518. The molecule has 3 rings (SSSR count). The van der Waals surface area contributed by atoms with Crippen LogP contribution in [0.3, 0.4) is 0 Å². The second-order valence-corrected chi connectivity index (χ2v) is 5.91. The highest BCUT2D eigenvalue weighted by Crippen LogP contribution is 2.35. The van der Waals surface area contributed by atoms with Crippen molar-refractivity contribution in [3.05, 3.63) is 41.5 Å². The van der Waals surface area contributed by atoms with E-state index in [0.717, 1.165) is 21.8 Å². The van der Waals surface area contributed by atoms with E-state index in [2.05, 4.69) is 10.1 Å². The fourth-order valence-corrected chi connectivity index (χ4v) is 3.07. The van der Waals surface area contributed by atoms with Crippen molar-refractivity contribution in [3.8, 4) is 27.6 Å². The number of hydrogen-bond donors (Lipinski definition) is 0. The molecule has 0 unspecified atom stereocenters. The topological polar surface area (TPSA) is 66.2 Å². The molecular weight excluding hydrogens is 326 g/mol. The lowest BCUT2D eigenvalue weighted by Crippen LogP contribution is -2.05. The Hall–Kier alpha value is -2.67. The normalized spacial score (nSPS) is 10.6. The molecule has 7 heteroatoms. The zero-order valence-corrected chi connectivity index (χ0v) is 14.5. The van der Waals surface area contributed by atoms with Gasteiger partial charge in [0, 0.05) is 29.8 Å². The zero-order chi connectivity index (χ0) is 17.1. The van der Waals surface area contributed by atoms with Gasteiger partial charge >= 0.3 is 5.97 Å². The van der Waals surface area contributed by atoms with Gasteiger partial charge in [0.2, 0.25) is 0 Å². The lowest BCUT2D eigenvalue weighted by atomic mass is 10.1. The number of esters is 1. The molecule has 0 atom stereocenters. The van der Waals surface area contributed by atoms with Gasteiger partial charge in [-0.15, -0.1) is 11.3 Å². The Balaban J connectivity index is 2.08. The van der Waals surface area contributed by atoms with Crippen molar-refractivity contribution in [3.63, 3.8) is 0 Å². The van der Waals surface area contributed by atoms with Gasteiger partial charge in [0.15, 0.2) is 5.69 Å². The third-order valence-corrected chi connectivity index (χ3v) is 4.34. The highest BCUT2D eigenvalue weighted by atomic mass is 32.1. The number of benzene rings is 1. The van der Waals surface area contributed by atoms with E-state index in [1.54, 1.807) is 49.4 Å². The second kappa shape index (κ2) is 6.84. The van der Waals surface area contributed by atoms with Crippen LogP contribution in [0.1, 0.15) is 17.4 Å². The summed E-state index contributed by atoms with van der Waals surface area (Å²) >= 11 is 1.57. The summed E-state index contributed by atoms with van der Waals surface area (Å²) in [6, 6.07) is 7.55. The van der Waals surface area contributed by atoms with Crippen LogP contribution in [0.5, 0.6) is 5.75 Å². The van der Waals surface area contributed by atoms with Crippen LogP contribution in [-0.2, 0) is 11.8 Å². The molecule has 24 heavy (non-hydrogen) atoms. The molecule has 0 aliphatic rings. The SMILES string of the molecule is CCOC(=O)c1cc(-c2cc(-c3nccs3)ccc2OC)n(C)n1. The van der Waals surface area contributed by atoms with Gasteiger partial charge in [-0.25, -0.2) is 9.78 Å². The van der Waals surface area contributed by atoms with Crippen LogP contribution in [0.15, 0.2) is 35.8 Å². The summed E-state index contributed by atoms with van der Waals surface area (Å²) in [6.07, 6.45) is 1.77. The summed E-state index contributed by atoms with van der Waals surface area (Å²) in [5, 5.41) is 7.10. The highest BCUT2D eigenvalue weighted by molar-refractivity contribution is 7.13.